The number of nitrogens with one attached hydrogen (secondary N) is 2. The highest BCUT2D eigenvalue weighted by atomic mass is 32.2. The molecule has 0 aromatic carbocycles. The molecule has 0 amide bonds. The Hall–Kier alpha value is 0.220. The Kier molecular flexibility index (Phi) is 6.84. The van der Waals surface area contributed by atoms with Crippen LogP contribution in [-0.2, 0) is 10.0 Å². The predicted molar refractivity (Wildman–Crippen MR) is 91.4 cm³/mol. The molecule has 6 heteroatoms. The van der Waals surface area contributed by atoms with Crippen LogP contribution in [0.5, 0.6) is 0 Å². The molecule has 0 radical (unpaired) electrons. The fourth-order valence-electron chi connectivity index (χ4n) is 2.97. The average molecular weight is 335 g/mol. The van der Waals surface area contributed by atoms with Gasteiger partial charge in [-0.15, -0.1) is 0 Å². The summed E-state index contributed by atoms with van der Waals surface area (Å²) in [7, 11) is -3.11. The van der Waals surface area contributed by atoms with E-state index in [1.165, 1.54) is 32.1 Å². The third kappa shape index (κ3) is 6.47. The molecule has 0 heterocycles. The average Bonchev–Trinajstić information content (AvgIpc) is 3.30. The maximum absolute atomic E-state index is 12.1. The van der Waals surface area contributed by atoms with Gasteiger partial charge in [-0.25, -0.2) is 13.1 Å². The molecule has 0 aliphatic heterocycles. The highest BCUT2D eigenvalue weighted by Crippen LogP contribution is 2.38. The first kappa shape index (κ1) is 17.6. The van der Waals surface area contributed by atoms with Gasteiger partial charge in [0.15, 0.2) is 0 Å². The number of rotatable bonds is 10. The second kappa shape index (κ2) is 8.18. The molecule has 2 aliphatic carbocycles. The van der Waals surface area contributed by atoms with Crippen LogP contribution in [0.15, 0.2) is 0 Å². The van der Waals surface area contributed by atoms with Crippen molar-refractivity contribution >= 4 is 21.8 Å². The Morgan fingerprint density at radius 3 is 2.48 bits per heavy atom. The predicted octanol–water partition coefficient (Wildman–Crippen LogP) is 2.50. The van der Waals surface area contributed by atoms with Crippen molar-refractivity contribution in [1.82, 2.24) is 10.0 Å². The van der Waals surface area contributed by atoms with Crippen LogP contribution in [-0.4, -0.2) is 44.3 Å². The Labute approximate surface area is 134 Å². The first-order valence-electron chi connectivity index (χ1n) is 8.31. The monoisotopic (exact) mass is 334 g/mol. The lowest BCUT2D eigenvalue weighted by molar-refractivity contribution is 0.395. The molecule has 0 aromatic heterocycles. The van der Waals surface area contributed by atoms with Gasteiger partial charge >= 0.3 is 0 Å². The molecular formula is C15H30N2O2S2. The minimum atomic E-state index is -3.11. The lowest BCUT2D eigenvalue weighted by atomic mass is 9.88. The van der Waals surface area contributed by atoms with Crippen LogP contribution in [0.1, 0.15) is 57.8 Å². The summed E-state index contributed by atoms with van der Waals surface area (Å²) in [6, 6.07) is 0.715. The topological polar surface area (TPSA) is 58.2 Å². The zero-order chi connectivity index (χ0) is 15.2. The maximum atomic E-state index is 12.1. The zero-order valence-corrected chi connectivity index (χ0v) is 14.8. The largest absolute Gasteiger partial charge is 0.314 e. The first-order chi connectivity index (χ1) is 10.1. The van der Waals surface area contributed by atoms with Gasteiger partial charge in [-0.05, 0) is 51.3 Å². The van der Waals surface area contributed by atoms with Gasteiger partial charge in [0.25, 0.3) is 0 Å². The zero-order valence-electron chi connectivity index (χ0n) is 13.2. The van der Waals surface area contributed by atoms with E-state index in [1.807, 2.05) is 11.8 Å². The van der Waals surface area contributed by atoms with Crippen LogP contribution >= 0.6 is 11.8 Å². The van der Waals surface area contributed by atoms with E-state index in [4.69, 9.17) is 0 Å². The summed E-state index contributed by atoms with van der Waals surface area (Å²) in [4.78, 5) is 0. The van der Waals surface area contributed by atoms with Crippen molar-refractivity contribution < 1.29 is 8.42 Å². The Morgan fingerprint density at radius 2 is 1.86 bits per heavy atom. The molecule has 4 nitrogen and oxygen atoms in total. The highest BCUT2D eigenvalue weighted by Gasteiger charge is 2.32. The molecule has 21 heavy (non-hydrogen) atoms. The van der Waals surface area contributed by atoms with Crippen LogP contribution < -0.4 is 10.0 Å². The van der Waals surface area contributed by atoms with E-state index in [9.17, 15) is 8.42 Å². The number of unbranched alkanes of at least 4 members (excludes halogenated alkanes) is 1. The van der Waals surface area contributed by atoms with Crippen LogP contribution in [0.4, 0.5) is 0 Å². The fourth-order valence-corrected chi connectivity index (χ4v) is 5.20. The fraction of sp³-hybridized carbons (Fsp3) is 1.00. The quantitative estimate of drug-likeness (QED) is 0.603. The summed E-state index contributed by atoms with van der Waals surface area (Å²) in [6.45, 7) is 1.56. The molecular weight excluding hydrogens is 304 g/mol. The van der Waals surface area contributed by atoms with Gasteiger partial charge < -0.3 is 5.32 Å². The van der Waals surface area contributed by atoms with Crippen molar-refractivity contribution in [2.45, 2.75) is 68.6 Å². The molecule has 2 rings (SSSR count). The summed E-state index contributed by atoms with van der Waals surface area (Å²) in [5, 5.41) is 3.42. The molecule has 2 N–H and O–H groups in total. The molecule has 2 saturated carbocycles. The van der Waals surface area contributed by atoms with Crippen LogP contribution in [0.3, 0.4) is 0 Å². The van der Waals surface area contributed by atoms with Crippen molar-refractivity contribution in [2.75, 3.05) is 25.1 Å². The van der Waals surface area contributed by atoms with Crippen LogP contribution in [0.25, 0.3) is 0 Å². The van der Waals surface area contributed by atoms with Crippen molar-refractivity contribution in [2.24, 2.45) is 0 Å². The van der Waals surface area contributed by atoms with Crippen LogP contribution in [0, 0.1) is 0 Å². The molecule has 124 valence electrons. The molecule has 0 aromatic rings. The van der Waals surface area contributed by atoms with Gasteiger partial charge in [0.1, 0.15) is 0 Å². The van der Waals surface area contributed by atoms with Crippen molar-refractivity contribution in [3.8, 4) is 0 Å². The molecule has 0 unspecified atom stereocenters. The molecule has 0 saturated heterocycles. The van der Waals surface area contributed by atoms with E-state index < -0.39 is 10.0 Å². The molecule has 0 bridgehead atoms. The molecule has 2 aliphatic rings. The van der Waals surface area contributed by atoms with E-state index in [2.05, 4.69) is 16.3 Å². The van der Waals surface area contributed by atoms with Crippen molar-refractivity contribution in [3.05, 3.63) is 0 Å². The lowest BCUT2D eigenvalue weighted by Crippen LogP contribution is -2.42. The number of hydrogen-bond donors (Lipinski definition) is 2. The van der Waals surface area contributed by atoms with E-state index in [0.717, 1.165) is 32.2 Å². The van der Waals surface area contributed by atoms with Crippen LogP contribution in [0.2, 0.25) is 0 Å². The smallest absolute Gasteiger partial charge is 0.211 e. The van der Waals surface area contributed by atoms with Gasteiger partial charge in [0.2, 0.25) is 10.0 Å². The Balaban J connectivity index is 1.64. The third-order valence-electron chi connectivity index (χ3n) is 4.66. The normalized spacial score (nSPS) is 22.3. The van der Waals surface area contributed by atoms with Gasteiger partial charge in [0.05, 0.1) is 5.75 Å². The van der Waals surface area contributed by atoms with Gasteiger partial charge in [-0.3, -0.25) is 0 Å². The first-order valence-corrected chi connectivity index (χ1v) is 11.2. The number of hydrogen-bond acceptors (Lipinski definition) is 4. The molecule has 0 spiro atoms. The summed E-state index contributed by atoms with van der Waals surface area (Å²) in [5.41, 5.74) is 0. The standard InChI is InChI=1S/C15H30N2O2S2/c1-20-15(9-3-2-4-10-15)13-17-21(18,19)12-6-5-11-16-14-7-8-14/h14,16-17H,2-13H2,1H3. The number of sulfonamides is 1. The van der Waals surface area contributed by atoms with E-state index in [-0.39, 0.29) is 10.5 Å². The maximum Gasteiger partial charge on any atom is 0.211 e. The molecule has 2 fully saturated rings. The van der Waals surface area contributed by atoms with Crippen molar-refractivity contribution in [1.29, 1.82) is 0 Å². The van der Waals surface area contributed by atoms with E-state index in [1.54, 1.807) is 0 Å². The van der Waals surface area contributed by atoms with Gasteiger partial charge in [-0.1, -0.05) is 19.3 Å². The summed E-state index contributed by atoms with van der Waals surface area (Å²) >= 11 is 1.84. The Bertz CT molecular complexity index is 402. The van der Waals surface area contributed by atoms with E-state index >= 15 is 0 Å². The van der Waals surface area contributed by atoms with E-state index in [0.29, 0.717) is 12.6 Å². The second-order valence-corrected chi connectivity index (χ2v) is 9.72. The lowest BCUT2D eigenvalue weighted by Gasteiger charge is -2.35. The Morgan fingerprint density at radius 1 is 1.14 bits per heavy atom. The molecule has 0 atom stereocenters. The minimum absolute atomic E-state index is 0.138. The van der Waals surface area contributed by atoms with Crippen molar-refractivity contribution in [3.63, 3.8) is 0 Å². The second-order valence-electron chi connectivity index (χ2n) is 6.52. The highest BCUT2D eigenvalue weighted by molar-refractivity contribution is 8.00. The number of thioether (sulfide) groups is 1. The summed E-state index contributed by atoms with van der Waals surface area (Å²) < 4.78 is 27.2. The SMILES string of the molecule is CSC1(CNS(=O)(=O)CCCCNC2CC2)CCCCC1. The minimum Gasteiger partial charge on any atom is -0.314 e. The summed E-state index contributed by atoms with van der Waals surface area (Å²) in [5.74, 6) is 0.268. The third-order valence-corrected chi connectivity index (χ3v) is 7.49. The summed E-state index contributed by atoms with van der Waals surface area (Å²) in [6.07, 6.45) is 12.4. The van der Waals surface area contributed by atoms with Gasteiger partial charge in [-0.2, -0.15) is 11.8 Å². The van der Waals surface area contributed by atoms with Gasteiger partial charge in [0, 0.05) is 17.3 Å².